The van der Waals surface area contributed by atoms with E-state index in [0.29, 0.717) is 0 Å². The number of alkyl halides is 3. The average Bonchev–Trinajstić information content (AvgIpc) is 2.26. The van der Waals surface area contributed by atoms with Crippen LogP contribution in [0.2, 0.25) is 0 Å². The maximum absolute atomic E-state index is 12.1. The van der Waals surface area contributed by atoms with E-state index in [9.17, 15) is 18.0 Å². The largest absolute Gasteiger partial charge is 0.391 e. The first-order chi connectivity index (χ1) is 8.69. The Hall–Kier alpha value is -1.86. The highest BCUT2D eigenvalue weighted by Crippen LogP contribution is 2.22. The van der Waals surface area contributed by atoms with E-state index in [1.165, 1.54) is 24.0 Å². The number of aromatic nitrogens is 2. The zero-order valence-electron chi connectivity index (χ0n) is 10.8. The van der Waals surface area contributed by atoms with E-state index >= 15 is 0 Å². The lowest BCUT2D eigenvalue weighted by molar-refractivity contribution is -0.136. The Bertz CT molecular complexity index is 431. The molecule has 1 aromatic rings. The second-order valence-electron chi connectivity index (χ2n) is 4.37. The fourth-order valence-corrected chi connectivity index (χ4v) is 1.40. The van der Waals surface area contributed by atoms with Crippen molar-refractivity contribution in [1.82, 2.24) is 15.1 Å². The summed E-state index contributed by atoms with van der Waals surface area (Å²) in [6.45, 7) is 1.40. The van der Waals surface area contributed by atoms with Gasteiger partial charge in [0.1, 0.15) is 5.82 Å². The molecule has 106 valence electrons. The summed E-state index contributed by atoms with van der Waals surface area (Å²) in [5.41, 5.74) is 0.138. The van der Waals surface area contributed by atoms with Gasteiger partial charge in [0.2, 0.25) is 0 Å². The van der Waals surface area contributed by atoms with Crippen LogP contribution < -0.4 is 5.32 Å². The first-order valence-electron chi connectivity index (χ1n) is 5.57. The molecule has 8 heteroatoms. The number of amides is 1. The molecular weight excluding hydrogens is 261 g/mol. The summed E-state index contributed by atoms with van der Waals surface area (Å²) in [5.74, 6) is -0.116. The Morgan fingerprint density at radius 3 is 2.42 bits per heavy atom. The van der Waals surface area contributed by atoms with Crippen LogP contribution in [-0.4, -0.2) is 47.3 Å². The second kappa shape index (κ2) is 5.85. The van der Waals surface area contributed by atoms with E-state index in [-0.39, 0.29) is 17.4 Å². The van der Waals surface area contributed by atoms with Crippen LogP contribution in [0.4, 0.5) is 19.0 Å². The summed E-state index contributed by atoms with van der Waals surface area (Å²) in [7, 11) is 3.14. The first kappa shape index (κ1) is 15.2. The van der Waals surface area contributed by atoms with Crippen molar-refractivity contribution < 1.29 is 18.0 Å². The molecular formula is C11H15F3N4O. The van der Waals surface area contributed by atoms with Crippen molar-refractivity contribution in [2.24, 2.45) is 0 Å². The molecule has 0 spiro atoms. The number of rotatable bonds is 4. The molecule has 0 saturated carbocycles. The number of halogens is 3. The molecule has 0 radical (unpaired) electrons. The fraction of sp³-hybridized carbons (Fsp3) is 0.545. The predicted molar refractivity (Wildman–Crippen MR) is 63.8 cm³/mol. The van der Waals surface area contributed by atoms with Crippen LogP contribution in [0.25, 0.3) is 0 Å². The fourth-order valence-electron chi connectivity index (χ4n) is 1.40. The Morgan fingerprint density at radius 2 is 2.00 bits per heavy atom. The lowest BCUT2D eigenvalue weighted by Gasteiger charge is -2.16. The number of nitrogens with zero attached hydrogens (tertiary/aromatic N) is 3. The van der Waals surface area contributed by atoms with E-state index in [1.54, 1.807) is 14.1 Å². The van der Waals surface area contributed by atoms with Gasteiger partial charge in [0.05, 0.1) is 6.42 Å². The monoisotopic (exact) mass is 276 g/mol. The summed E-state index contributed by atoms with van der Waals surface area (Å²) < 4.78 is 36.4. The summed E-state index contributed by atoms with van der Waals surface area (Å²) in [5, 5.41) is 9.92. The van der Waals surface area contributed by atoms with Crippen molar-refractivity contribution >= 4 is 11.7 Å². The van der Waals surface area contributed by atoms with Gasteiger partial charge in [-0.2, -0.15) is 13.2 Å². The molecule has 19 heavy (non-hydrogen) atoms. The van der Waals surface area contributed by atoms with Crippen molar-refractivity contribution in [3.63, 3.8) is 0 Å². The van der Waals surface area contributed by atoms with Crippen molar-refractivity contribution in [2.45, 2.75) is 25.6 Å². The highest BCUT2D eigenvalue weighted by molar-refractivity contribution is 5.91. The van der Waals surface area contributed by atoms with Crippen molar-refractivity contribution in [3.05, 3.63) is 17.8 Å². The normalized spacial score (nSPS) is 12.9. The molecule has 1 amide bonds. The third-order valence-electron chi connectivity index (χ3n) is 2.22. The third-order valence-corrected chi connectivity index (χ3v) is 2.22. The van der Waals surface area contributed by atoms with Crippen LogP contribution in [0.3, 0.4) is 0 Å². The molecule has 5 nitrogen and oxygen atoms in total. The van der Waals surface area contributed by atoms with Gasteiger partial charge in [0.25, 0.3) is 5.91 Å². The lowest BCUT2D eigenvalue weighted by Crippen LogP contribution is -2.25. The molecule has 0 aliphatic carbocycles. The minimum Gasteiger partial charge on any atom is -0.366 e. The molecule has 1 rings (SSSR count). The maximum atomic E-state index is 12.1. The highest BCUT2D eigenvalue weighted by atomic mass is 19.4. The Labute approximate surface area is 108 Å². The molecule has 1 unspecified atom stereocenters. The highest BCUT2D eigenvalue weighted by Gasteiger charge is 2.30. The third kappa shape index (κ3) is 5.11. The van der Waals surface area contributed by atoms with E-state index in [1.807, 2.05) is 0 Å². The zero-order valence-corrected chi connectivity index (χ0v) is 10.8. The van der Waals surface area contributed by atoms with Gasteiger partial charge in [0.15, 0.2) is 5.69 Å². The molecule has 0 aromatic carbocycles. The quantitative estimate of drug-likeness (QED) is 0.913. The van der Waals surface area contributed by atoms with Crippen LogP contribution in [-0.2, 0) is 0 Å². The number of anilines is 1. The van der Waals surface area contributed by atoms with Gasteiger partial charge in [-0.15, -0.1) is 10.2 Å². The van der Waals surface area contributed by atoms with Gasteiger partial charge in [-0.3, -0.25) is 4.79 Å². The van der Waals surface area contributed by atoms with E-state index < -0.39 is 18.6 Å². The van der Waals surface area contributed by atoms with E-state index in [2.05, 4.69) is 15.5 Å². The summed E-state index contributed by atoms with van der Waals surface area (Å²) in [4.78, 5) is 12.9. The molecule has 1 N–H and O–H groups in total. The molecule has 0 aliphatic heterocycles. The molecule has 0 saturated heterocycles. The first-order valence-corrected chi connectivity index (χ1v) is 5.57. The Kier molecular flexibility index (Phi) is 4.68. The van der Waals surface area contributed by atoms with E-state index in [4.69, 9.17) is 0 Å². The van der Waals surface area contributed by atoms with Gasteiger partial charge in [0, 0.05) is 20.1 Å². The zero-order chi connectivity index (χ0) is 14.6. The number of nitrogens with one attached hydrogen (secondary N) is 1. The predicted octanol–water partition coefficient (Wildman–Crippen LogP) is 1.93. The topological polar surface area (TPSA) is 58.1 Å². The number of hydrogen-bond acceptors (Lipinski definition) is 4. The smallest absolute Gasteiger partial charge is 0.366 e. The van der Waals surface area contributed by atoms with Crippen LogP contribution in [0.5, 0.6) is 0 Å². The number of carbonyl (C=O) groups excluding carboxylic acids is 1. The van der Waals surface area contributed by atoms with Gasteiger partial charge >= 0.3 is 6.18 Å². The lowest BCUT2D eigenvalue weighted by atomic mass is 10.2. The molecule has 0 fully saturated rings. The standard InChI is InChI=1S/C11H15F3N4O/c1-7(6-11(12,13)14)15-9-5-4-8(16-17-9)10(19)18(2)3/h4-5,7H,6H2,1-3H3,(H,15,17). The number of carbonyl (C=O) groups is 1. The van der Waals surface area contributed by atoms with Gasteiger partial charge in [-0.1, -0.05) is 0 Å². The minimum absolute atomic E-state index is 0.138. The Morgan fingerprint density at radius 1 is 1.37 bits per heavy atom. The molecule has 0 bridgehead atoms. The SMILES string of the molecule is CC(CC(F)(F)F)Nc1ccc(C(=O)N(C)C)nn1. The van der Waals surface area contributed by atoms with Crippen LogP contribution in [0.15, 0.2) is 12.1 Å². The second-order valence-corrected chi connectivity index (χ2v) is 4.37. The van der Waals surface area contributed by atoms with E-state index in [0.717, 1.165) is 0 Å². The summed E-state index contributed by atoms with van der Waals surface area (Å²) >= 11 is 0. The summed E-state index contributed by atoms with van der Waals surface area (Å²) in [6.07, 6.45) is -5.20. The van der Waals surface area contributed by atoms with Crippen LogP contribution in [0, 0.1) is 0 Å². The van der Waals surface area contributed by atoms with Gasteiger partial charge in [-0.25, -0.2) is 0 Å². The van der Waals surface area contributed by atoms with Gasteiger partial charge < -0.3 is 10.2 Å². The number of hydrogen-bond donors (Lipinski definition) is 1. The minimum atomic E-state index is -4.24. The molecule has 1 aromatic heterocycles. The van der Waals surface area contributed by atoms with Crippen molar-refractivity contribution in [1.29, 1.82) is 0 Å². The maximum Gasteiger partial charge on any atom is 0.391 e. The van der Waals surface area contributed by atoms with Crippen molar-refractivity contribution in [3.8, 4) is 0 Å². The average molecular weight is 276 g/mol. The van der Waals surface area contributed by atoms with Crippen LogP contribution in [0.1, 0.15) is 23.8 Å². The Balaban J connectivity index is 2.65. The van der Waals surface area contributed by atoms with Crippen molar-refractivity contribution in [2.75, 3.05) is 19.4 Å². The molecule has 1 atom stereocenters. The molecule has 0 aliphatic rings. The summed E-state index contributed by atoms with van der Waals surface area (Å²) in [6, 6.07) is 2.03. The molecule has 1 heterocycles. The van der Waals surface area contributed by atoms with Crippen LogP contribution >= 0.6 is 0 Å². The van der Waals surface area contributed by atoms with Gasteiger partial charge in [-0.05, 0) is 19.1 Å².